The number of hydrogen-bond donors (Lipinski definition) is 0. The number of hydrogen-bond acceptors (Lipinski definition) is 8. The van der Waals surface area contributed by atoms with Crippen molar-refractivity contribution in [2.24, 2.45) is 0 Å². The fourth-order valence-electron chi connectivity index (χ4n) is 3.05. The zero-order valence-electron chi connectivity index (χ0n) is 22.4. The minimum atomic E-state index is 0.371. The standard InChI is InChI=1S/C30H42O4S4/c1-3-27-7-11-29(12-8-27)23-35-19-5-15-31-25-32-16-6-20-37-38-22-18-34-26-33-17-21-36-24-30-13-9-28(4-2)10-14-30/h3-4,7-14H,1-2,5-6,15-26H2. The Morgan fingerprint density at radius 2 is 0.974 bits per heavy atom. The van der Waals surface area contributed by atoms with Crippen LogP contribution in [0.1, 0.15) is 35.1 Å². The van der Waals surface area contributed by atoms with Gasteiger partial charge in [-0.2, -0.15) is 23.5 Å². The van der Waals surface area contributed by atoms with Crippen LogP contribution >= 0.6 is 45.1 Å². The van der Waals surface area contributed by atoms with Gasteiger partial charge in [0, 0.05) is 28.8 Å². The van der Waals surface area contributed by atoms with Crippen molar-refractivity contribution in [3.8, 4) is 0 Å². The molecule has 2 aromatic carbocycles. The molecule has 0 unspecified atom stereocenters. The predicted octanol–water partition coefficient (Wildman–Crippen LogP) is 8.28. The van der Waals surface area contributed by atoms with Gasteiger partial charge in [-0.05, 0) is 40.8 Å². The number of rotatable bonds is 25. The molecule has 0 saturated heterocycles. The summed E-state index contributed by atoms with van der Waals surface area (Å²) >= 11 is 3.81. The number of thioether (sulfide) groups is 2. The Morgan fingerprint density at radius 1 is 0.526 bits per heavy atom. The zero-order chi connectivity index (χ0) is 26.9. The van der Waals surface area contributed by atoms with Gasteiger partial charge in [0.05, 0.1) is 26.4 Å². The molecule has 2 rings (SSSR count). The van der Waals surface area contributed by atoms with Gasteiger partial charge in [0.1, 0.15) is 13.6 Å². The van der Waals surface area contributed by atoms with E-state index in [4.69, 9.17) is 18.9 Å². The Morgan fingerprint density at radius 3 is 1.53 bits per heavy atom. The first-order chi connectivity index (χ1) is 18.8. The van der Waals surface area contributed by atoms with E-state index >= 15 is 0 Å². The van der Waals surface area contributed by atoms with Crippen molar-refractivity contribution < 1.29 is 18.9 Å². The molecule has 0 aliphatic heterocycles. The third-order valence-electron chi connectivity index (χ3n) is 5.16. The van der Waals surface area contributed by atoms with E-state index in [1.54, 1.807) is 0 Å². The van der Waals surface area contributed by atoms with Crippen LogP contribution in [0, 0.1) is 0 Å². The average Bonchev–Trinajstić information content (AvgIpc) is 2.96. The lowest BCUT2D eigenvalue weighted by Gasteiger charge is -2.07. The topological polar surface area (TPSA) is 36.9 Å². The van der Waals surface area contributed by atoms with E-state index in [1.807, 2.05) is 57.3 Å². The molecule has 0 radical (unpaired) electrons. The van der Waals surface area contributed by atoms with Gasteiger partial charge in [0.25, 0.3) is 0 Å². The molecule has 0 fully saturated rings. The third-order valence-corrected chi connectivity index (χ3v) is 9.72. The van der Waals surface area contributed by atoms with Crippen LogP contribution in [0.3, 0.4) is 0 Å². The quantitative estimate of drug-likeness (QED) is 0.0646. The van der Waals surface area contributed by atoms with Gasteiger partial charge in [-0.15, -0.1) is 0 Å². The normalized spacial score (nSPS) is 11.1. The van der Waals surface area contributed by atoms with Crippen molar-refractivity contribution in [1.29, 1.82) is 0 Å². The van der Waals surface area contributed by atoms with Gasteiger partial charge in [0.2, 0.25) is 0 Å². The third kappa shape index (κ3) is 17.7. The average molecular weight is 595 g/mol. The lowest BCUT2D eigenvalue weighted by atomic mass is 10.1. The molecule has 0 spiro atoms. The lowest BCUT2D eigenvalue weighted by Crippen LogP contribution is -2.05. The van der Waals surface area contributed by atoms with E-state index in [2.05, 4.69) is 61.7 Å². The largest absolute Gasteiger partial charge is 0.355 e. The summed E-state index contributed by atoms with van der Waals surface area (Å²) in [5.74, 6) is 6.13. The fourth-order valence-corrected chi connectivity index (χ4v) is 6.67. The molecule has 8 heteroatoms. The van der Waals surface area contributed by atoms with Gasteiger partial charge in [0.15, 0.2) is 0 Å². The Hall–Kier alpha value is -0.840. The smallest absolute Gasteiger partial charge is 0.146 e. The molecule has 0 atom stereocenters. The summed E-state index contributed by atoms with van der Waals surface area (Å²) in [7, 11) is 3.70. The van der Waals surface area contributed by atoms with Crippen LogP contribution in [0.2, 0.25) is 0 Å². The Bertz CT molecular complexity index is 775. The molecule has 0 bridgehead atoms. The molecule has 210 valence electrons. The van der Waals surface area contributed by atoms with Crippen molar-refractivity contribution in [1.82, 2.24) is 0 Å². The van der Waals surface area contributed by atoms with Crippen molar-refractivity contribution >= 4 is 57.3 Å². The second-order valence-corrected chi connectivity index (χ2v) is 13.1. The lowest BCUT2D eigenvalue weighted by molar-refractivity contribution is -0.0527. The van der Waals surface area contributed by atoms with Crippen LogP contribution in [0.25, 0.3) is 12.2 Å². The predicted molar refractivity (Wildman–Crippen MR) is 173 cm³/mol. The van der Waals surface area contributed by atoms with Crippen LogP contribution in [0.5, 0.6) is 0 Å². The second kappa shape index (κ2) is 24.0. The minimum Gasteiger partial charge on any atom is -0.355 e. The molecule has 0 amide bonds. The molecular formula is C30H42O4S4. The zero-order valence-corrected chi connectivity index (χ0v) is 25.6. The van der Waals surface area contributed by atoms with Crippen LogP contribution < -0.4 is 0 Å². The van der Waals surface area contributed by atoms with E-state index < -0.39 is 0 Å². The summed E-state index contributed by atoms with van der Waals surface area (Å²) < 4.78 is 22.2. The fraction of sp³-hybridized carbons (Fsp3) is 0.467. The first kappa shape index (κ1) is 33.4. The molecule has 0 aliphatic rings. The molecule has 2 aromatic rings. The Balaban J connectivity index is 1.22. The highest BCUT2D eigenvalue weighted by molar-refractivity contribution is 8.76. The highest BCUT2D eigenvalue weighted by Crippen LogP contribution is 2.21. The summed E-state index contributed by atoms with van der Waals surface area (Å²) in [6, 6.07) is 17.1. The van der Waals surface area contributed by atoms with Gasteiger partial charge in [-0.25, -0.2) is 0 Å². The van der Waals surface area contributed by atoms with Crippen LogP contribution in [0.15, 0.2) is 61.7 Å². The molecule has 38 heavy (non-hydrogen) atoms. The summed E-state index contributed by atoms with van der Waals surface area (Å²) in [6.45, 7) is 11.2. The van der Waals surface area contributed by atoms with Crippen molar-refractivity contribution in [3.63, 3.8) is 0 Å². The maximum atomic E-state index is 5.57. The van der Waals surface area contributed by atoms with Crippen LogP contribution in [0.4, 0.5) is 0 Å². The van der Waals surface area contributed by atoms with Crippen molar-refractivity contribution in [2.45, 2.75) is 24.3 Å². The van der Waals surface area contributed by atoms with Gasteiger partial charge in [-0.1, -0.05) is 95.4 Å². The molecule has 0 aliphatic carbocycles. The highest BCUT2D eigenvalue weighted by atomic mass is 33.1. The summed E-state index contributed by atoms with van der Waals surface area (Å²) in [5, 5.41) is 0. The van der Waals surface area contributed by atoms with E-state index in [0.717, 1.165) is 66.1 Å². The monoisotopic (exact) mass is 594 g/mol. The Labute approximate surface area is 246 Å². The number of benzene rings is 2. The van der Waals surface area contributed by atoms with E-state index in [0.29, 0.717) is 26.8 Å². The summed E-state index contributed by atoms with van der Waals surface area (Å²) in [4.78, 5) is 0. The van der Waals surface area contributed by atoms with Gasteiger partial charge >= 0.3 is 0 Å². The van der Waals surface area contributed by atoms with Gasteiger partial charge < -0.3 is 18.9 Å². The SMILES string of the molecule is C=Cc1ccc(CSCCCOCOCCCSSCCOCOCCSCc2ccc(C=C)cc2)cc1. The molecular weight excluding hydrogens is 553 g/mol. The van der Waals surface area contributed by atoms with E-state index in [9.17, 15) is 0 Å². The number of ether oxygens (including phenoxy) is 4. The van der Waals surface area contributed by atoms with Crippen molar-refractivity contribution in [2.75, 3.05) is 63.0 Å². The summed E-state index contributed by atoms with van der Waals surface area (Å²) in [5.41, 5.74) is 5.00. The first-order valence-corrected chi connectivity index (χ1v) is 17.7. The maximum Gasteiger partial charge on any atom is 0.146 e. The minimum absolute atomic E-state index is 0.371. The van der Waals surface area contributed by atoms with Crippen LogP contribution in [-0.4, -0.2) is 63.0 Å². The highest BCUT2D eigenvalue weighted by Gasteiger charge is 1.98. The van der Waals surface area contributed by atoms with Crippen LogP contribution in [-0.2, 0) is 30.5 Å². The molecule has 0 aromatic heterocycles. The molecule has 0 heterocycles. The molecule has 0 saturated carbocycles. The Kier molecular flexibility index (Phi) is 21.1. The molecule has 4 nitrogen and oxygen atoms in total. The van der Waals surface area contributed by atoms with E-state index in [1.165, 1.54) is 16.7 Å². The van der Waals surface area contributed by atoms with E-state index in [-0.39, 0.29) is 0 Å². The summed E-state index contributed by atoms with van der Waals surface area (Å²) in [6.07, 6.45) is 5.81. The van der Waals surface area contributed by atoms with Crippen molar-refractivity contribution in [3.05, 3.63) is 83.9 Å². The second-order valence-electron chi connectivity index (χ2n) is 8.22. The first-order valence-electron chi connectivity index (χ1n) is 13.0. The molecule has 0 N–H and O–H groups in total. The van der Waals surface area contributed by atoms with Gasteiger partial charge in [-0.3, -0.25) is 0 Å². The maximum absolute atomic E-state index is 5.57.